The largest absolute Gasteiger partial charge is 0.314 e. The third-order valence-electron chi connectivity index (χ3n) is 4.41. The first kappa shape index (κ1) is 11.3. The molecule has 1 aromatic heterocycles. The number of aromatic amines is 1. The molecule has 1 aromatic rings. The topological polar surface area (TPSA) is 40.7 Å². The molecule has 1 saturated heterocycles. The van der Waals surface area contributed by atoms with Crippen molar-refractivity contribution in [2.24, 2.45) is 0 Å². The van der Waals surface area contributed by atoms with Gasteiger partial charge in [0.25, 0.3) is 0 Å². The Hall–Kier alpha value is -0.830. The van der Waals surface area contributed by atoms with Gasteiger partial charge in [0.15, 0.2) is 0 Å². The second kappa shape index (κ2) is 5.21. The van der Waals surface area contributed by atoms with Gasteiger partial charge >= 0.3 is 0 Å². The predicted octanol–water partition coefficient (Wildman–Crippen LogP) is 2.75. The number of H-pyrrole nitrogens is 1. The number of hydrogen-bond donors (Lipinski definition) is 2. The van der Waals surface area contributed by atoms with Crippen molar-refractivity contribution in [3.05, 3.63) is 17.5 Å². The van der Waals surface area contributed by atoms with Crippen LogP contribution in [-0.4, -0.2) is 22.8 Å². The zero-order valence-corrected chi connectivity index (χ0v) is 10.5. The number of rotatable bonds is 3. The van der Waals surface area contributed by atoms with Gasteiger partial charge < -0.3 is 5.32 Å². The fraction of sp³-hybridized carbons (Fsp3) is 0.786. The van der Waals surface area contributed by atoms with Gasteiger partial charge in [-0.2, -0.15) is 5.10 Å². The van der Waals surface area contributed by atoms with Gasteiger partial charge in [-0.05, 0) is 43.7 Å². The third kappa shape index (κ3) is 2.54. The van der Waals surface area contributed by atoms with E-state index in [9.17, 15) is 0 Å². The molecule has 0 bridgehead atoms. The van der Waals surface area contributed by atoms with E-state index in [-0.39, 0.29) is 0 Å². The van der Waals surface area contributed by atoms with Crippen LogP contribution in [0.1, 0.15) is 62.1 Å². The van der Waals surface area contributed by atoms with Crippen LogP contribution in [0, 0.1) is 0 Å². The van der Waals surface area contributed by atoms with Crippen molar-refractivity contribution in [3.63, 3.8) is 0 Å². The molecule has 1 atom stereocenters. The van der Waals surface area contributed by atoms with Gasteiger partial charge in [-0.3, -0.25) is 5.10 Å². The average molecular weight is 233 g/mol. The highest BCUT2D eigenvalue weighted by molar-refractivity contribution is 5.23. The first-order valence-electron chi connectivity index (χ1n) is 7.19. The van der Waals surface area contributed by atoms with Crippen molar-refractivity contribution in [2.45, 2.75) is 63.3 Å². The Bertz CT molecular complexity index is 346. The maximum absolute atomic E-state index is 4.29. The summed E-state index contributed by atoms with van der Waals surface area (Å²) in [6.45, 7) is 1.19. The van der Waals surface area contributed by atoms with Gasteiger partial charge in [0.05, 0.1) is 6.20 Å². The molecular formula is C14H23N3. The van der Waals surface area contributed by atoms with Gasteiger partial charge in [-0.15, -0.1) is 0 Å². The number of nitrogens with one attached hydrogen (secondary N) is 2. The SMILES string of the molecule is c1n[nH]c(CC2CCCN2)c1C1CCCCC1. The lowest BCUT2D eigenvalue weighted by molar-refractivity contribution is 0.440. The third-order valence-corrected chi connectivity index (χ3v) is 4.41. The van der Waals surface area contributed by atoms with Crippen molar-refractivity contribution in [3.8, 4) is 0 Å². The molecule has 3 heteroatoms. The van der Waals surface area contributed by atoms with E-state index >= 15 is 0 Å². The van der Waals surface area contributed by atoms with Crippen LogP contribution in [0.4, 0.5) is 0 Å². The minimum Gasteiger partial charge on any atom is -0.314 e. The van der Waals surface area contributed by atoms with Gasteiger partial charge in [0, 0.05) is 18.2 Å². The Morgan fingerprint density at radius 2 is 2.00 bits per heavy atom. The summed E-state index contributed by atoms with van der Waals surface area (Å²) >= 11 is 0. The Morgan fingerprint density at radius 1 is 1.12 bits per heavy atom. The minimum atomic E-state index is 0.679. The van der Waals surface area contributed by atoms with Crippen LogP contribution in [0.2, 0.25) is 0 Å². The number of hydrogen-bond acceptors (Lipinski definition) is 2. The fourth-order valence-electron chi connectivity index (χ4n) is 3.43. The molecule has 3 rings (SSSR count). The summed E-state index contributed by atoms with van der Waals surface area (Å²) in [6, 6.07) is 0.679. The molecule has 0 amide bonds. The summed E-state index contributed by atoms with van der Waals surface area (Å²) in [4.78, 5) is 0. The van der Waals surface area contributed by atoms with E-state index in [1.54, 1.807) is 0 Å². The molecule has 2 aliphatic rings. The van der Waals surface area contributed by atoms with Crippen LogP contribution in [0.25, 0.3) is 0 Å². The summed E-state index contributed by atoms with van der Waals surface area (Å²) in [5, 5.41) is 11.1. The van der Waals surface area contributed by atoms with Crippen molar-refractivity contribution >= 4 is 0 Å². The van der Waals surface area contributed by atoms with E-state index in [2.05, 4.69) is 21.7 Å². The van der Waals surface area contributed by atoms with Crippen LogP contribution in [0.15, 0.2) is 6.20 Å². The van der Waals surface area contributed by atoms with E-state index in [0.29, 0.717) is 6.04 Å². The summed E-state index contributed by atoms with van der Waals surface area (Å²) in [5.74, 6) is 0.777. The van der Waals surface area contributed by atoms with E-state index in [0.717, 1.165) is 12.3 Å². The van der Waals surface area contributed by atoms with E-state index in [1.807, 2.05) is 0 Å². The number of nitrogens with zero attached hydrogens (tertiary/aromatic N) is 1. The summed E-state index contributed by atoms with van der Waals surface area (Å²) in [7, 11) is 0. The second-order valence-corrected chi connectivity index (χ2v) is 5.64. The average Bonchev–Trinajstić information content (AvgIpc) is 3.02. The lowest BCUT2D eigenvalue weighted by Crippen LogP contribution is -2.24. The molecule has 1 aliphatic heterocycles. The molecule has 2 fully saturated rings. The van der Waals surface area contributed by atoms with Crippen LogP contribution in [-0.2, 0) is 6.42 Å². The Morgan fingerprint density at radius 3 is 2.76 bits per heavy atom. The smallest absolute Gasteiger partial charge is 0.0524 e. The standard InChI is InChI=1S/C14H23N3/c1-2-5-11(6-3-1)13-10-16-17-14(13)9-12-7-4-8-15-12/h10-12,15H,1-9H2,(H,16,17). The molecular weight excluding hydrogens is 210 g/mol. The zero-order valence-electron chi connectivity index (χ0n) is 10.5. The molecule has 94 valence electrons. The Balaban J connectivity index is 1.69. The maximum Gasteiger partial charge on any atom is 0.0524 e. The van der Waals surface area contributed by atoms with Gasteiger partial charge in [0.1, 0.15) is 0 Å². The van der Waals surface area contributed by atoms with E-state index in [4.69, 9.17) is 0 Å². The molecule has 3 nitrogen and oxygen atoms in total. The van der Waals surface area contributed by atoms with Crippen molar-refractivity contribution in [2.75, 3.05) is 6.54 Å². The quantitative estimate of drug-likeness (QED) is 0.843. The summed E-state index contributed by atoms with van der Waals surface area (Å²) in [6.07, 6.45) is 12.8. The second-order valence-electron chi connectivity index (χ2n) is 5.64. The molecule has 2 N–H and O–H groups in total. The van der Waals surface area contributed by atoms with Crippen molar-refractivity contribution < 1.29 is 0 Å². The lowest BCUT2D eigenvalue weighted by atomic mass is 9.83. The van der Waals surface area contributed by atoms with Crippen molar-refractivity contribution in [1.29, 1.82) is 0 Å². The molecule has 17 heavy (non-hydrogen) atoms. The van der Waals surface area contributed by atoms with Crippen molar-refractivity contribution in [1.82, 2.24) is 15.5 Å². The van der Waals surface area contributed by atoms with Crippen LogP contribution < -0.4 is 5.32 Å². The lowest BCUT2D eigenvalue weighted by Gasteiger charge is -2.22. The van der Waals surface area contributed by atoms with Crippen LogP contribution >= 0.6 is 0 Å². The maximum atomic E-state index is 4.29. The molecule has 1 saturated carbocycles. The normalized spacial score (nSPS) is 26.5. The minimum absolute atomic E-state index is 0.679. The molecule has 2 heterocycles. The van der Waals surface area contributed by atoms with Crippen LogP contribution in [0.5, 0.6) is 0 Å². The fourth-order valence-corrected chi connectivity index (χ4v) is 3.43. The van der Waals surface area contributed by atoms with E-state index in [1.165, 1.54) is 62.7 Å². The zero-order chi connectivity index (χ0) is 11.5. The highest BCUT2D eigenvalue weighted by Crippen LogP contribution is 2.34. The number of aromatic nitrogens is 2. The molecule has 0 aromatic carbocycles. The summed E-state index contributed by atoms with van der Waals surface area (Å²) in [5.41, 5.74) is 2.91. The first-order chi connectivity index (χ1) is 8.43. The highest BCUT2D eigenvalue weighted by Gasteiger charge is 2.22. The Labute approximate surface area is 103 Å². The Kier molecular flexibility index (Phi) is 3.46. The predicted molar refractivity (Wildman–Crippen MR) is 69.1 cm³/mol. The molecule has 0 spiro atoms. The molecule has 0 radical (unpaired) electrons. The monoisotopic (exact) mass is 233 g/mol. The van der Waals surface area contributed by atoms with E-state index < -0.39 is 0 Å². The summed E-state index contributed by atoms with van der Waals surface area (Å²) < 4.78 is 0. The van der Waals surface area contributed by atoms with Crippen LogP contribution in [0.3, 0.4) is 0 Å². The molecule has 1 unspecified atom stereocenters. The first-order valence-corrected chi connectivity index (χ1v) is 7.19. The highest BCUT2D eigenvalue weighted by atomic mass is 15.1. The van der Waals surface area contributed by atoms with Gasteiger partial charge in [0.2, 0.25) is 0 Å². The molecule has 1 aliphatic carbocycles. The van der Waals surface area contributed by atoms with Gasteiger partial charge in [-0.1, -0.05) is 19.3 Å². The van der Waals surface area contributed by atoms with Gasteiger partial charge in [-0.25, -0.2) is 0 Å².